The van der Waals surface area contributed by atoms with Gasteiger partial charge in [-0.25, -0.2) is 4.98 Å². The molecule has 4 rings (SSSR count). The number of nitrogens with one attached hydrogen (secondary N) is 2. The van der Waals surface area contributed by atoms with Crippen molar-refractivity contribution < 1.29 is 19.2 Å². The number of hydrogen-bond acceptors (Lipinski definition) is 7. The summed E-state index contributed by atoms with van der Waals surface area (Å²) in [5.74, 6) is -2.44. The molecule has 2 aliphatic rings. The Hall–Kier alpha value is -3.37. The van der Waals surface area contributed by atoms with Gasteiger partial charge in [-0.1, -0.05) is 30.3 Å². The number of likely N-dealkylation sites (tertiary alicyclic amines) is 1. The third-order valence-corrected chi connectivity index (χ3v) is 6.32. The molecule has 1 aromatic carbocycles. The Morgan fingerprint density at radius 2 is 2.00 bits per heavy atom. The summed E-state index contributed by atoms with van der Waals surface area (Å²) < 4.78 is 0. The number of carbonyl (C=O) groups is 4. The topological polar surface area (TPSA) is 164 Å². The van der Waals surface area contributed by atoms with Crippen LogP contribution in [0.3, 0.4) is 0 Å². The fraction of sp³-hybridized carbons (Fsp3) is 0.409. The van der Waals surface area contributed by atoms with Gasteiger partial charge in [0.05, 0.1) is 18.4 Å². The third-order valence-electron chi connectivity index (χ3n) is 6.32. The average molecular weight is 438 g/mol. The van der Waals surface area contributed by atoms with Gasteiger partial charge in [0.15, 0.2) is 17.1 Å². The third kappa shape index (κ3) is 3.71. The van der Waals surface area contributed by atoms with Gasteiger partial charge in [0, 0.05) is 24.9 Å². The zero-order valence-corrected chi connectivity index (χ0v) is 17.5. The van der Waals surface area contributed by atoms with Crippen LogP contribution in [0.25, 0.3) is 0 Å². The van der Waals surface area contributed by atoms with Crippen LogP contribution in [0.5, 0.6) is 0 Å². The highest BCUT2D eigenvalue weighted by Crippen LogP contribution is 2.33. The van der Waals surface area contributed by atoms with Crippen LogP contribution in [-0.4, -0.2) is 68.5 Å². The van der Waals surface area contributed by atoms with Crippen molar-refractivity contribution >= 4 is 23.4 Å². The summed E-state index contributed by atoms with van der Waals surface area (Å²) in [4.78, 5) is 59.7. The number of aromatic amines is 1. The molecule has 6 N–H and O–H groups in total. The lowest BCUT2D eigenvalue weighted by Gasteiger charge is -2.41. The molecular formula is C22H26N6O4. The van der Waals surface area contributed by atoms with Gasteiger partial charge in [0.2, 0.25) is 5.91 Å². The van der Waals surface area contributed by atoms with Crippen molar-refractivity contribution in [3.8, 4) is 0 Å². The molecule has 1 aromatic heterocycles. The van der Waals surface area contributed by atoms with E-state index in [2.05, 4.69) is 15.3 Å². The zero-order valence-electron chi connectivity index (χ0n) is 17.5. The summed E-state index contributed by atoms with van der Waals surface area (Å²) in [6.07, 6.45) is 4.06. The van der Waals surface area contributed by atoms with Crippen molar-refractivity contribution in [2.24, 2.45) is 11.5 Å². The lowest BCUT2D eigenvalue weighted by atomic mass is 9.83. The quantitative estimate of drug-likeness (QED) is 0.378. The predicted octanol–water partition coefficient (Wildman–Crippen LogP) is -1.15. The molecule has 168 valence electrons. The number of nitrogens with two attached hydrogens (primary N) is 2. The maximum Gasteiger partial charge on any atom is 0.251 e. The molecule has 0 saturated carbocycles. The Labute approximate surface area is 184 Å². The second-order valence-electron chi connectivity index (χ2n) is 8.31. The molecule has 2 amide bonds. The first-order valence-electron chi connectivity index (χ1n) is 10.6. The van der Waals surface area contributed by atoms with Crippen LogP contribution in [0, 0.1) is 0 Å². The highest BCUT2D eigenvalue weighted by Gasteiger charge is 2.58. The zero-order chi connectivity index (χ0) is 22.9. The SMILES string of the molecule is NC(=O)[C@@]1(C(=O)[C@@H](N)Cc2cnc[nH]2)CCCN1C(=O)C1NC(Cc2ccccc2)C1=O. The number of nitrogens with zero attached hydrogens (tertiary/aromatic N) is 2. The van der Waals surface area contributed by atoms with Gasteiger partial charge in [-0.05, 0) is 24.8 Å². The number of imidazole rings is 1. The summed E-state index contributed by atoms with van der Waals surface area (Å²) in [7, 11) is 0. The van der Waals surface area contributed by atoms with E-state index in [1.807, 2.05) is 30.3 Å². The van der Waals surface area contributed by atoms with Crippen molar-refractivity contribution in [2.75, 3.05) is 6.54 Å². The van der Waals surface area contributed by atoms with Gasteiger partial charge in [0.1, 0.15) is 6.04 Å². The van der Waals surface area contributed by atoms with E-state index in [4.69, 9.17) is 11.5 Å². The predicted molar refractivity (Wildman–Crippen MR) is 114 cm³/mol. The molecule has 3 heterocycles. The molecule has 10 nitrogen and oxygen atoms in total. The van der Waals surface area contributed by atoms with Gasteiger partial charge < -0.3 is 21.4 Å². The fourth-order valence-electron chi connectivity index (χ4n) is 4.61. The molecule has 4 atom stereocenters. The van der Waals surface area contributed by atoms with Crippen LogP contribution >= 0.6 is 0 Å². The van der Waals surface area contributed by atoms with Crippen LogP contribution in [0.15, 0.2) is 42.9 Å². The van der Waals surface area contributed by atoms with E-state index in [-0.39, 0.29) is 25.2 Å². The molecule has 0 aliphatic carbocycles. The Kier molecular flexibility index (Phi) is 5.90. The van der Waals surface area contributed by atoms with Crippen LogP contribution < -0.4 is 16.8 Å². The normalized spacial score (nSPS) is 25.9. The molecule has 2 saturated heterocycles. The molecule has 32 heavy (non-hydrogen) atoms. The van der Waals surface area contributed by atoms with Crippen LogP contribution in [0.2, 0.25) is 0 Å². The standard InChI is InChI=1S/C22H26N6O4/c23-15(10-14-11-25-12-26-14)19(30)22(21(24)32)7-4-8-28(22)20(31)17-18(29)16(27-17)9-13-5-2-1-3-6-13/h1-3,5-6,11-12,15-17,27H,4,7-10,23H2,(H2,24,32)(H,25,26)/t15-,16?,17?,22-/m0/s1. The van der Waals surface area contributed by atoms with Gasteiger partial charge in [-0.3, -0.25) is 24.5 Å². The number of ketones is 2. The molecule has 2 unspecified atom stereocenters. The lowest BCUT2D eigenvalue weighted by molar-refractivity contribution is -0.157. The summed E-state index contributed by atoms with van der Waals surface area (Å²) >= 11 is 0. The first-order chi connectivity index (χ1) is 15.3. The van der Waals surface area contributed by atoms with E-state index < -0.39 is 41.3 Å². The fourth-order valence-corrected chi connectivity index (χ4v) is 4.61. The van der Waals surface area contributed by atoms with Crippen LogP contribution in [0.4, 0.5) is 0 Å². The number of rotatable bonds is 8. The number of primary amides is 1. The minimum atomic E-state index is -1.86. The largest absolute Gasteiger partial charge is 0.367 e. The van der Waals surface area contributed by atoms with Crippen LogP contribution in [-0.2, 0) is 32.0 Å². The first kappa shape index (κ1) is 21.8. The van der Waals surface area contributed by atoms with Crippen LogP contribution in [0.1, 0.15) is 24.1 Å². The van der Waals surface area contributed by atoms with Crippen molar-refractivity contribution in [1.29, 1.82) is 0 Å². The number of carbonyl (C=O) groups excluding carboxylic acids is 4. The maximum atomic E-state index is 13.3. The molecule has 0 bridgehead atoms. The number of hydrogen-bond donors (Lipinski definition) is 4. The number of benzene rings is 1. The molecule has 2 fully saturated rings. The van der Waals surface area contributed by atoms with E-state index in [1.165, 1.54) is 12.5 Å². The van der Waals surface area contributed by atoms with Gasteiger partial charge >= 0.3 is 0 Å². The molecule has 10 heteroatoms. The Morgan fingerprint density at radius 1 is 1.25 bits per heavy atom. The number of Topliss-reactive ketones (excluding diaryl/α,β-unsaturated/α-hetero) is 2. The highest BCUT2D eigenvalue weighted by atomic mass is 16.2. The smallest absolute Gasteiger partial charge is 0.251 e. The van der Waals surface area contributed by atoms with Crippen molar-refractivity contribution in [1.82, 2.24) is 20.2 Å². The van der Waals surface area contributed by atoms with Crippen molar-refractivity contribution in [3.63, 3.8) is 0 Å². The maximum absolute atomic E-state index is 13.3. The van der Waals surface area contributed by atoms with E-state index in [9.17, 15) is 19.2 Å². The van der Waals surface area contributed by atoms with E-state index >= 15 is 0 Å². The summed E-state index contributed by atoms with van der Waals surface area (Å²) in [6, 6.07) is 6.80. The van der Waals surface area contributed by atoms with E-state index in [0.29, 0.717) is 18.5 Å². The number of aromatic nitrogens is 2. The van der Waals surface area contributed by atoms with E-state index in [1.54, 1.807) is 0 Å². The van der Waals surface area contributed by atoms with Gasteiger partial charge in [-0.15, -0.1) is 0 Å². The van der Waals surface area contributed by atoms with Gasteiger partial charge in [0.25, 0.3) is 5.91 Å². The number of amides is 2. The van der Waals surface area contributed by atoms with E-state index in [0.717, 1.165) is 10.5 Å². The number of H-pyrrole nitrogens is 1. The molecule has 0 spiro atoms. The average Bonchev–Trinajstić information content (AvgIpc) is 3.46. The van der Waals surface area contributed by atoms with Crippen molar-refractivity contribution in [2.45, 2.75) is 49.3 Å². The first-order valence-corrected chi connectivity index (χ1v) is 10.6. The Morgan fingerprint density at radius 3 is 2.62 bits per heavy atom. The second kappa shape index (κ2) is 8.64. The monoisotopic (exact) mass is 438 g/mol. The minimum absolute atomic E-state index is 0.0813. The molecule has 2 aliphatic heterocycles. The highest BCUT2D eigenvalue weighted by molar-refractivity contribution is 6.18. The summed E-state index contributed by atoms with van der Waals surface area (Å²) in [6.45, 7) is 0.152. The Bertz CT molecular complexity index is 1020. The van der Waals surface area contributed by atoms with Crippen molar-refractivity contribution in [3.05, 3.63) is 54.1 Å². The molecule has 0 radical (unpaired) electrons. The lowest BCUT2D eigenvalue weighted by Crippen LogP contribution is -2.73. The summed E-state index contributed by atoms with van der Waals surface area (Å²) in [5.41, 5.74) is 11.5. The minimum Gasteiger partial charge on any atom is -0.367 e. The summed E-state index contributed by atoms with van der Waals surface area (Å²) in [5, 5.41) is 2.99. The van der Waals surface area contributed by atoms with Gasteiger partial charge in [-0.2, -0.15) is 0 Å². The Balaban J connectivity index is 1.49. The second-order valence-corrected chi connectivity index (χ2v) is 8.31. The molecular weight excluding hydrogens is 412 g/mol. The molecule has 2 aromatic rings.